The maximum Gasteiger partial charge on any atom is 0.245 e. The first-order valence-corrected chi connectivity index (χ1v) is 8.63. The number of methoxy groups -OCH3 is 1. The average molecular weight is 346 g/mol. The molecule has 7 heteroatoms. The second-order valence-electron chi connectivity index (χ2n) is 6.33. The number of hydrogen-bond acceptors (Lipinski definition) is 7. The monoisotopic (exact) mass is 346 g/mol. The van der Waals surface area contributed by atoms with Gasteiger partial charge < -0.3 is 14.0 Å². The smallest absolute Gasteiger partial charge is 0.245 e. The number of benzene rings is 1. The molecule has 136 valence electrons. The van der Waals surface area contributed by atoms with E-state index in [4.69, 9.17) is 14.0 Å². The molecular weight excluding hydrogens is 320 g/mol. The fourth-order valence-corrected chi connectivity index (χ4v) is 3.13. The van der Waals surface area contributed by atoms with E-state index >= 15 is 0 Å². The molecule has 0 radical (unpaired) electrons. The lowest BCUT2D eigenvalue weighted by molar-refractivity contribution is 0.0714. The number of piperazine rings is 1. The van der Waals surface area contributed by atoms with E-state index in [-0.39, 0.29) is 6.04 Å². The molecule has 0 bridgehead atoms. The summed E-state index contributed by atoms with van der Waals surface area (Å²) in [5, 5.41) is 3.92. The summed E-state index contributed by atoms with van der Waals surface area (Å²) < 4.78 is 16.4. The van der Waals surface area contributed by atoms with Gasteiger partial charge in [-0.15, -0.1) is 0 Å². The van der Waals surface area contributed by atoms with Crippen LogP contribution in [-0.2, 0) is 6.54 Å². The zero-order valence-corrected chi connectivity index (χ0v) is 15.4. The van der Waals surface area contributed by atoms with Gasteiger partial charge in [-0.2, -0.15) is 4.98 Å². The van der Waals surface area contributed by atoms with Crippen molar-refractivity contribution in [3.05, 3.63) is 35.5 Å². The maximum absolute atomic E-state index is 5.68. The lowest BCUT2D eigenvalue weighted by Gasteiger charge is -2.37. The highest BCUT2D eigenvalue weighted by Crippen LogP contribution is 2.29. The Labute approximate surface area is 148 Å². The highest BCUT2D eigenvalue weighted by Gasteiger charge is 2.29. The van der Waals surface area contributed by atoms with Gasteiger partial charge in [0.15, 0.2) is 17.3 Å². The Morgan fingerprint density at radius 3 is 2.80 bits per heavy atom. The molecule has 0 unspecified atom stereocenters. The summed E-state index contributed by atoms with van der Waals surface area (Å²) in [4.78, 5) is 9.08. The quantitative estimate of drug-likeness (QED) is 0.795. The Morgan fingerprint density at radius 2 is 2.12 bits per heavy atom. The van der Waals surface area contributed by atoms with Crippen LogP contribution < -0.4 is 9.47 Å². The third kappa shape index (κ3) is 4.11. The van der Waals surface area contributed by atoms with Crippen molar-refractivity contribution in [2.75, 3.05) is 40.4 Å². The Morgan fingerprint density at radius 1 is 1.28 bits per heavy atom. The maximum atomic E-state index is 5.68. The molecule has 0 aliphatic carbocycles. The summed E-state index contributed by atoms with van der Waals surface area (Å²) in [6, 6.07) is 6.24. The number of aryl methyl sites for hydroxylation is 1. The average Bonchev–Trinajstić information content (AvgIpc) is 3.03. The normalized spacial score (nSPS) is 19.1. The number of likely N-dealkylation sites (N-methyl/N-ethyl adjacent to an activating group) is 1. The molecule has 1 saturated heterocycles. The fraction of sp³-hybridized carbons (Fsp3) is 0.556. The Bertz CT molecular complexity index is 703. The molecule has 1 atom stereocenters. The number of hydrogen-bond donors (Lipinski definition) is 0. The fourth-order valence-electron chi connectivity index (χ4n) is 3.13. The summed E-state index contributed by atoms with van der Waals surface area (Å²) in [5.41, 5.74) is 1.20. The van der Waals surface area contributed by atoms with Gasteiger partial charge in [0.1, 0.15) is 6.04 Å². The molecule has 1 aromatic heterocycles. The van der Waals surface area contributed by atoms with Crippen molar-refractivity contribution in [3.63, 3.8) is 0 Å². The molecule has 1 aliphatic rings. The van der Waals surface area contributed by atoms with Gasteiger partial charge in [-0.25, -0.2) is 0 Å². The largest absolute Gasteiger partial charge is 0.493 e. The Balaban J connectivity index is 1.71. The van der Waals surface area contributed by atoms with E-state index in [9.17, 15) is 0 Å². The van der Waals surface area contributed by atoms with Gasteiger partial charge in [0.25, 0.3) is 0 Å². The molecule has 1 aliphatic heterocycles. The van der Waals surface area contributed by atoms with Gasteiger partial charge in [-0.05, 0) is 38.6 Å². The molecule has 3 rings (SSSR count). The van der Waals surface area contributed by atoms with E-state index < -0.39 is 0 Å². The van der Waals surface area contributed by atoms with Crippen LogP contribution in [0.5, 0.6) is 11.5 Å². The second-order valence-corrected chi connectivity index (χ2v) is 6.33. The molecule has 1 fully saturated rings. The summed E-state index contributed by atoms with van der Waals surface area (Å²) in [7, 11) is 3.76. The van der Waals surface area contributed by atoms with Crippen LogP contribution in [0.3, 0.4) is 0 Å². The minimum atomic E-state index is 0.125. The van der Waals surface area contributed by atoms with Crippen LogP contribution in [0.15, 0.2) is 22.7 Å². The zero-order valence-electron chi connectivity index (χ0n) is 15.4. The van der Waals surface area contributed by atoms with E-state index in [0.29, 0.717) is 18.3 Å². The summed E-state index contributed by atoms with van der Waals surface area (Å²) >= 11 is 0. The van der Waals surface area contributed by atoms with E-state index in [0.717, 1.165) is 37.7 Å². The van der Waals surface area contributed by atoms with Crippen LogP contribution in [0.4, 0.5) is 0 Å². The van der Waals surface area contributed by atoms with Crippen molar-refractivity contribution in [2.45, 2.75) is 26.4 Å². The number of nitrogens with zero attached hydrogens (tertiary/aromatic N) is 4. The predicted molar refractivity (Wildman–Crippen MR) is 93.8 cm³/mol. The topological polar surface area (TPSA) is 63.9 Å². The van der Waals surface area contributed by atoms with Crippen molar-refractivity contribution in [3.8, 4) is 11.5 Å². The summed E-state index contributed by atoms with van der Waals surface area (Å²) in [5.74, 6) is 2.93. The van der Waals surface area contributed by atoms with E-state index in [1.165, 1.54) is 5.56 Å². The first kappa shape index (κ1) is 17.7. The predicted octanol–water partition coefficient (Wildman–Crippen LogP) is 2.27. The highest BCUT2D eigenvalue weighted by atomic mass is 16.5. The van der Waals surface area contributed by atoms with Crippen molar-refractivity contribution >= 4 is 0 Å². The van der Waals surface area contributed by atoms with Crippen molar-refractivity contribution in [2.24, 2.45) is 0 Å². The Kier molecular flexibility index (Phi) is 5.55. The molecule has 7 nitrogen and oxygen atoms in total. The SMILES string of the molecule is CCOc1cc(CN2CCN(C)[C@@H](c3nc(C)no3)C2)ccc1OC. The Hall–Kier alpha value is -2.12. The first-order valence-electron chi connectivity index (χ1n) is 8.63. The number of aromatic nitrogens is 2. The molecule has 2 heterocycles. The number of ether oxygens (including phenoxy) is 2. The molecule has 0 N–H and O–H groups in total. The van der Waals surface area contributed by atoms with E-state index in [2.05, 4.69) is 39.1 Å². The van der Waals surface area contributed by atoms with Crippen LogP contribution in [-0.4, -0.2) is 60.3 Å². The van der Waals surface area contributed by atoms with E-state index in [1.54, 1.807) is 7.11 Å². The molecule has 0 spiro atoms. The van der Waals surface area contributed by atoms with Gasteiger partial charge in [0.05, 0.1) is 13.7 Å². The molecular formula is C18H26N4O3. The van der Waals surface area contributed by atoms with Crippen LogP contribution in [0.2, 0.25) is 0 Å². The lowest BCUT2D eigenvalue weighted by atomic mass is 10.1. The minimum Gasteiger partial charge on any atom is -0.493 e. The van der Waals surface area contributed by atoms with Crippen molar-refractivity contribution < 1.29 is 14.0 Å². The van der Waals surface area contributed by atoms with Gasteiger partial charge in [0, 0.05) is 26.2 Å². The molecule has 25 heavy (non-hydrogen) atoms. The summed E-state index contributed by atoms with van der Waals surface area (Å²) in [6.45, 7) is 8.10. The zero-order chi connectivity index (χ0) is 17.8. The molecule has 0 saturated carbocycles. The van der Waals surface area contributed by atoms with Crippen molar-refractivity contribution in [1.29, 1.82) is 0 Å². The number of rotatable bonds is 6. The van der Waals surface area contributed by atoms with Crippen LogP contribution in [0.1, 0.15) is 30.2 Å². The standard InChI is InChI=1S/C18H26N4O3/c1-5-24-17-10-14(6-7-16(17)23-4)11-22-9-8-21(3)15(12-22)18-19-13(2)20-25-18/h6-7,10,15H,5,8-9,11-12H2,1-4H3/t15-/m1/s1. The van der Waals surface area contributed by atoms with Crippen molar-refractivity contribution in [1.82, 2.24) is 19.9 Å². The van der Waals surface area contributed by atoms with Crippen LogP contribution in [0, 0.1) is 6.92 Å². The second kappa shape index (κ2) is 7.84. The van der Waals surface area contributed by atoms with Gasteiger partial charge in [0.2, 0.25) is 5.89 Å². The molecule has 2 aromatic rings. The van der Waals surface area contributed by atoms with Gasteiger partial charge >= 0.3 is 0 Å². The van der Waals surface area contributed by atoms with E-state index in [1.807, 2.05) is 19.9 Å². The lowest BCUT2D eigenvalue weighted by Crippen LogP contribution is -2.46. The molecule has 1 aromatic carbocycles. The summed E-state index contributed by atoms with van der Waals surface area (Å²) in [6.07, 6.45) is 0. The molecule has 0 amide bonds. The first-order chi connectivity index (χ1) is 12.1. The minimum absolute atomic E-state index is 0.125. The van der Waals surface area contributed by atoms with Gasteiger partial charge in [-0.1, -0.05) is 11.2 Å². The third-order valence-corrected chi connectivity index (χ3v) is 4.49. The third-order valence-electron chi connectivity index (χ3n) is 4.49. The van der Waals surface area contributed by atoms with Gasteiger partial charge in [-0.3, -0.25) is 9.80 Å². The van der Waals surface area contributed by atoms with Crippen LogP contribution in [0.25, 0.3) is 0 Å². The van der Waals surface area contributed by atoms with Crippen LogP contribution >= 0.6 is 0 Å². The highest BCUT2D eigenvalue weighted by molar-refractivity contribution is 5.43.